The van der Waals surface area contributed by atoms with Crippen molar-refractivity contribution in [1.29, 1.82) is 0 Å². The Morgan fingerprint density at radius 3 is 3.14 bits per heavy atom. The van der Waals surface area contributed by atoms with Crippen molar-refractivity contribution < 1.29 is 4.74 Å². The molecule has 78 valence electrons. The van der Waals surface area contributed by atoms with E-state index in [1.54, 1.807) is 11.3 Å². The van der Waals surface area contributed by atoms with E-state index in [4.69, 9.17) is 4.74 Å². The van der Waals surface area contributed by atoms with E-state index in [9.17, 15) is 0 Å². The largest absolute Gasteiger partial charge is 0.378 e. The Kier molecular flexibility index (Phi) is 3.03. The number of nitrogens with zero attached hydrogens (tertiary/aromatic N) is 1. The molecule has 0 spiro atoms. The molecule has 2 rings (SSSR count). The van der Waals surface area contributed by atoms with Crippen LogP contribution in [0.15, 0.2) is 5.38 Å². The molecule has 0 saturated carbocycles. The molecule has 3 nitrogen and oxygen atoms in total. The van der Waals surface area contributed by atoms with Crippen molar-refractivity contribution >= 4 is 16.5 Å². The van der Waals surface area contributed by atoms with Gasteiger partial charge in [-0.2, -0.15) is 0 Å². The summed E-state index contributed by atoms with van der Waals surface area (Å²) < 4.78 is 5.50. The van der Waals surface area contributed by atoms with Gasteiger partial charge in [0.25, 0.3) is 0 Å². The zero-order chi connectivity index (χ0) is 9.97. The average Bonchev–Trinajstić information content (AvgIpc) is 2.72. The Morgan fingerprint density at radius 1 is 1.71 bits per heavy atom. The first-order chi connectivity index (χ1) is 6.75. The van der Waals surface area contributed by atoms with Crippen LogP contribution in [0.1, 0.15) is 19.0 Å². The molecule has 2 unspecified atom stereocenters. The first-order valence-corrected chi connectivity index (χ1v) is 5.91. The zero-order valence-corrected chi connectivity index (χ0v) is 9.43. The summed E-state index contributed by atoms with van der Waals surface area (Å²) in [6, 6.07) is 0. The minimum atomic E-state index is 0.392. The first-order valence-electron chi connectivity index (χ1n) is 5.03. The summed E-state index contributed by atoms with van der Waals surface area (Å²) in [5, 5.41) is 6.46. The fourth-order valence-electron chi connectivity index (χ4n) is 1.70. The average molecular weight is 212 g/mol. The van der Waals surface area contributed by atoms with Crippen molar-refractivity contribution in [3.8, 4) is 0 Å². The van der Waals surface area contributed by atoms with Crippen molar-refractivity contribution in [2.24, 2.45) is 5.92 Å². The number of anilines is 1. The maximum Gasteiger partial charge on any atom is 0.182 e. The van der Waals surface area contributed by atoms with E-state index in [-0.39, 0.29) is 0 Å². The van der Waals surface area contributed by atoms with Gasteiger partial charge in [-0.3, -0.25) is 0 Å². The van der Waals surface area contributed by atoms with Crippen molar-refractivity contribution in [3.63, 3.8) is 0 Å². The predicted octanol–water partition coefficient (Wildman–Crippen LogP) is 2.29. The molecule has 2 atom stereocenters. The van der Waals surface area contributed by atoms with Gasteiger partial charge in [-0.05, 0) is 20.3 Å². The third-order valence-electron chi connectivity index (χ3n) is 2.67. The lowest BCUT2D eigenvalue weighted by Gasteiger charge is -2.13. The Morgan fingerprint density at radius 2 is 2.57 bits per heavy atom. The number of hydrogen-bond acceptors (Lipinski definition) is 4. The van der Waals surface area contributed by atoms with Gasteiger partial charge in [-0.15, -0.1) is 11.3 Å². The molecule has 0 aromatic carbocycles. The molecule has 1 fully saturated rings. The number of rotatable bonds is 3. The molecule has 4 heteroatoms. The van der Waals surface area contributed by atoms with Crippen LogP contribution >= 0.6 is 11.3 Å². The van der Waals surface area contributed by atoms with Crippen molar-refractivity contribution in [2.75, 3.05) is 18.5 Å². The molecule has 0 amide bonds. The number of thiazole rings is 1. The number of aryl methyl sites for hydroxylation is 1. The summed E-state index contributed by atoms with van der Waals surface area (Å²) in [7, 11) is 0. The quantitative estimate of drug-likeness (QED) is 0.834. The van der Waals surface area contributed by atoms with Crippen LogP contribution < -0.4 is 5.32 Å². The van der Waals surface area contributed by atoms with Crippen LogP contribution in [0.3, 0.4) is 0 Å². The third-order valence-corrected chi connectivity index (χ3v) is 3.59. The van der Waals surface area contributed by atoms with Crippen molar-refractivity contribution in [1.82, 2.24) is 4.98 Å². The number of nitrogens with one attached hydrogen (secondary N) is 1. The summed E-state index contributed by atoms with van der Waals surface area (Å²) in [6.45, 7) is 6.05. The summed E-state index contributed by atoms with van der Waals surface area (Å²) in [5.41, 5.74) is 1.09. The van der Waals surface area contributed by atoms with Gasteiger partial charge in [0.05, 0.1) is 11.8 Å². The van der Waals surface area contributed by atoms with Gasteiger partial charge < -0.3 is 10.1 Å². The van der Waals surface area contributed by atoms with Crippen LogP contribution in [0.5, 0.6) is 0 Å². The van der Waals surface area contributed by atoms with E-state index >= 15 is 0 Å². The number of aromatic nitrogens is 1. The molecule has 1 aliphatic rings. The van der Waals surface area contributed by atoms with Gasteiger partial charge in [0.2, 0.25) is 0 Å². The van der Waals surface area contributed by atoms with E-state index in [0.29, 0.717) is 12.0 Å². The molecule has 1 aliphatic heterocycles. The van der Waals surface area contributed by atoms with Crippen LogP contribution in [0, 0.1) is 12.8 Å². The van der Waals surface area contributed by atoms with E-state index in [1.165, 1.54) is 6.42 Å². The Bertz CT molecular complexity index is 300. The second-order valence-electron chi connectivity index (χ2n) is 3.80. The minimum absolute atomic E-state index is 0.392. The summed E-state index contributed by atoms with van der Waals surface area (Å²) in [5.74, 6) is 0.638. The topological polar surface area (TPSA) is 34.1 Å². The Balaban J connectivity index is 1.82. The third kappa shape index (κ3) is 2.25. The monoisotopic (exact) mass is 212 g/mol. The molecule has 0 radical (unpaired) electrons. The molecular weight excluding hydrogens is 196 g/mol. The minimum Gasteiger partial charge on any atom is -0.378 e. The van der Waals surface area contributed by atoms with E-state index < -0.39 is 0 Å². The maximum absolute atomic E-state index is 5.50. The van der Waals surface area contributed by atoms with Crippen LogP contribution in [0.25, 0.3) is 0 Å². The van der Waals surface area contributed by atoms with E-state index in [2.05, 4.69) is 22.6 Å². The van der Waals surface area contributed by atoms with Crippen LogP contribution in [0.2, 0.25) is 0 Å². The molecule has 1 saturated heterocycles. The van der Waals surface area contributed by atoms with Gasteiger partial charge in [-0.25, -0.2) is 4.98 Å². The summed E-state index contributed by atoms with van der Waals surface area (Å²) in [6.07, 6.45) is 1.56. The zero-order valence-electron chi connectivity index (χ0n) is 8.62. The van der Waals surface area contributed by atoms with Crippen LogP contribution in [0.4, 0.5) is 5.13 Å². The van der Waals surface area contributed by atoms with Gasteiger partial charge in [0.1, 0.15) is 0 Å². The van der Waals surface area contributed by atoms with Crippen molar-refractivity contribution in [2.45, 2.75) is 26.4 Å². The molecule has 1 aromatic heterocycles. The standard InChI is InChI=1S/C10H16N2OS/c1-7-6-14-10(12-7)11-5-9-3-4-13-8(9)2/h6,8-9H,3-5H2,1-2H3,(H,11,12). The van der Waals surface area contributed by atoms with Crippen LogP contribution in [-0.4, -0.2) is 24.2 Å². The van der Waals surface area contributed by atoms with Crippen molar-refractivity contribution in [3.05, 3.63) is 11.1 Å². The molecule has 1 N–H and O–H groups in total. The molecular formula is C10H16N2OS. The summed E-state index contributed by atoms with van der Waals surface area (Å²) in [4.78, 5) is 4.36. The lowest BCUT2D eigenvalue weighted by atomic mass is 10.0. The first kappa shape index (κ1) is 9.93. The Labute approximate surface area is 88.5 Å². The maximum atomic E-state index is 5.50. The highest BCUT2D eigenvalue weighted by atomic mass is 32.1. The Hall–Kier alpha value is -0.610. The highest BCUT2D eigenvalue weighted by Crippen LogP contribution is 2.22. The van der Waals surface area contributed by atoms with Gasteiger partial charge >= 0.3 is 0 Å². The second kappa shape index (κ2) is 4.28. The molecule has 14 heavy (non-hydrogen) atoms. The van der Waals surface area contributed by atoms with Gasteiger partial charge in [0.15, 0.2) is 5.13 Å². The van der Waals surface area contributed by atoms with Gasteiger partial charge in [0, 0.05) is 24.4 Å². The number of ether oxygens (including phenoxy) is 1. The smallest absolute Gasteiger partial charge is 0.182 e. The lowest BCUT2D eigenvalue weighted by molar-refractivity contribution is 0.108. The summed E-state index contributed by atoms with van der Waals surface area (Å²) >= 11 is 1.67. The van der Waals surface area contributed by atoms with Crippen LogP contribution in [-0.2, 0) is 4.74 Å². The fourth-order valence-corrected chi connectivity index (χ4v) is 2.40. The molecule has 1 aromatic rings. The lowest BCUT2D eigenvalue weighted by Crippen LogP contribution is -2.20. The highest BCUT2D eigenvalue weighted by molar-refractivity contribution is 7.13. The molecule has 0 bridgehead atoms. The van der Waals surface area contributed by atoms with Gasteiger partial charge in [-0.1, -0.05) is 0 Å². The molecule has 2 heterocycles. The highest BCUT2D eigenvalue weighted by Gasteiger charge is 2.23. The second-order valence-corrected chi connectivity index (χ2v) is 4.66. The SMILES string of the molecule is Cc1csc(NCC2CCOC2C)n1. The number of hydrogen-bond donors (Lipinski definition) is 1. The molecule has 0 aliphatic carbocycles. The van der Waals surface area contributed by atoms with E-state index in [1.807, 2.05) is 6.92 Å². The van der Waals surface area contributed by atoms with E-state index in [0.717, 1.165) is 24.0 Å². The fraction of sp³-hybridized carbons (Fsp3) is 0.700. The normalized spacial score (nSPS) is 26.7. The predicted molar refractivity (Wildman–Crippen MR) is 58.9 cm³/mol.